The number of nitrogens with one attached hydrogen (secondary N) is 1. The summed E-state index contributed by atoms with van der Waals surface area (Å²) in [4.78, 5) is 11.5. The van der Waals surface area contributed by atoms with Crippen LogP contribution in [0.5, 0.6) is 0 Å². The lowest BCUT2D eigenvalue weighted by molar-refractivity contribution is 0.531. The third kappa shape index (κ3) is 1.38. The Kier molecular flexibility index (Phi) is 2.05. The van der Waals surface area contributed by atoms with Crippen molar-refractivity contribution < 1.29 is 0 Å². The second kappa shape index (κ2) is 3.41. The van der Waals surface area contributed by atoms with E-state index in [-0.39, 0.29) is 0 Å². The average molecular weight is 220 g/mol. The molecule has 4 nitrogen and oxygen atoms in total. The van der Waals surface area contributed by atoms with E-state index in [0.29, 0.717) is 10.7 Å². The first-order valence-electron chi connectivity index (χ1n) is 5.26. The van der Waals surface area contributed by atoms with Crippen LogP contribution in [0.3, 0.4) is 0 Å². The average Bonchev–Trinajstić information content (AvgIpc) is 2.85. The van der Waals surface area contributed by atoms with E-state index in [1.165, 1.54) is 25.7 Å². The van der Waals surface area contributed by atoms with Crippen LogP contribution >= 0.6 is 12.2 Å². The molecule has 1 N–H and O–H groups in total. The first-order chi connectivity index (χ1) is 7.36. The van der Waals surface area contributed by atoms with Gasteiger partial charge >= 0.3 is 0 Å². The third-order valence-corrected chi connectivity index (χ3v) is 3.40. The van der Waals surface area contributed by atoms with Gasteiger partial charge in [0.2, 0.25) is 0 Å². The molecule has 0 saturated heterocycles. The Morgan fingerprint density at radius 3 is 2.93 bits per heavy atom. The van der Waals surface area contributed by atoms with Crippen molar-refractivity contribution in [2.75, 3.05) is 0 Å². The second-order valence-corrected chi connectivity index (χ2v) is 4.38. The van der Waals surface area contributed by atoms with E-state index in [4.69, 9.17) is 12.2 Å². The molecule has 2 heterocycles. The van der Waals surface area contributed by atoms with Crippen LogP contribution < -0.4 is 0 Å². The summed E-state index contributed by atoms with van der Waals surface area (Å²) in [5.74, 6) is 0. The van der Waals surface area contributed by atoms with Crippen LogP contribution in [0.25, 0.3) is 11.2 Å². The molecule has 0 atom stereocenters. The van der Waals surface area contributed by atoms with Crippen molar-refractivity contribution in [3.05, 3.63) is 17.3 Å². The summed E-state index contributed by atoms with van der Waals surface area (Å²) < 4.78 is 2.84. The molecule has 5 heteroatoms. The van der Waals surface area contributed by atoms with Gasteiger partial charge in [-0.1, -0.05) is 25.1 Å². The highest BCUT2D eigenvalue weighted by Gasteiger charge is 2.19. The summed E-state index contributed by atoms with van der Waals surface area (Å²) in [5.41, 5.74) is 1.83. The van der Waals surface area contributed by atoms with Gasteiger partial charge in [-0.2, -0.15) is 0 Å². The number of hydrogen-bond acceptors (Lipinski definition) is 3. The number of hydrogen-bond donors (Lipinski definition) is 1. The van der Waals surface area contributed by atoms with E-state index in [2.05, 4.69) is 19.5 Å². The smallest absolute Gasteiger partial charge is 0.160 e. The molecule has 1 fully saturated rings. The molecule has 0 bridgehead atoms. The number of fused-ring (bicyclic) bond motifs is 1. The maximum absolute atomic E-state index is 5.24. The van der Waals surface area contributed by atoms with Gasteiger partial charge in [0.15, 0.2) is 10.3 Å². The summed E-state index contributed by atoms with van der Waals surface area (Å²) in [5, 5.41) is 0. The monoisotopic (exact) mass is 220 g/mol. The highest BCUT2D eigenvalue weighted by Crippen LogP contribution is 2.31. The van der Waals surface area contributed by atoms with E-state index in [1.54, 1.807) is 6.33 Å². The topological polar surface area (TPSA) is 46.5 Å². The van der Waals surface area contributed by atoms with Crippen molar-refractivity contribution in [2.24, 2.45) is 0 Å². The number of aromatic amines is 1. The van der Waals surface area contributed by atoms with Crippen molar-refractivity contribution in [1.82, 2.24) is 19.5 Å². The normalized spacial score (nSPS) is 17.6. The van der Waals surface area contributed by atoms with Crippen molar-refractivity contribution in [2.45, 2.75) is 31.7 Å². The number of H-pyrrole nitrogens is 1. The lowest BCUT2D eigenvalue weighted by atomic mass is 10.2. The molecule has 2 aromatic heterocycles. The van der Waals surface area contributed by atoms with Crippen molar-refractivity contribution in [3.8, 4) is 0 Å². The fraction of sp³-hybridized carbons (Fsp3) is 0.500. The summed E-state index contributed by atoms with van der Waals surface area (Å²) >= 11 is 5.24. The Labute approximate surface area is 92.4 Å². The molecule has 0 aliphatic heterocycles. The minimum Gasteiger partial charge on any atom is -0.329 e. The Morgan fingerprint density at radius 1 is 1.33 bits per heavy atom. The van der Waals surface area contributed by atoms with E-state index in [1.807, 2.05) is 6.33 Å². The lowest BCUT2D eigenvalue weighted by Gasteiger charge is -2.11. The molecular weight excluding hydrogens is 208 g/mol. The minimum absolute atomic E-state index is 0.564. The maximum Gasteiger partial charge on any atom is 0.160 e. The minimum atomic E-state index is 0.564. The highest BCUT2D eigenvalue weighted by atomic mass is 32.1. The Morgan fingerprint density at radius 2 is 2.13 bits per heavy atom. The first kappa shape index (κ1) is 9.03. The summed E-state index contributed by atoms with van der Waals surface area (Å²) in [6.45, 7) is 0. The molecule has 15 heavy (non-hydrogen) atoms. The standard InChI is InChI=1S/C10H12N4S/c15-10-8-9(11-5-12-10)13-6-14(8)7-3-1-2-4-7/h5-7H,1-4H2,(H,11,12,15). The number of aromatic nitrogens is 4. The predicted octanol–water partition coefficient (Wildman–Crippen LogP) is 2.60. The van der Waals surface area contributed by atoms with Gasteiger partial charge in [-0.15, -0.1) is 0 Å². The Bertz CT molecular complexity index is 536. The Balaban J connectivity index is 2.22. The maximum atomic E-state index is 5.24. The third-order valence-electron chi connectivity index (χ3n) is 3.10. The van der Waals surface area contributed by atoms with E-state index < -0.39 is 0 Å². The van der Waals surface area contributed by atoms with Crippen molar-refractivity contribution in [1.29, 1.82) is 0 Å². The Hall–Kier alpha value is -1.23. The molecule has 0 spiro atoms. The molecule has 3 rings (SSSR count). The van der Waals surface area contributed by atoms with Crippen LogP contribution in [-0.4, -0.2) is 19.5 Å². The van der Waals surface area contributed by atoms with Crippen LogP contribution in [0.4, 0.5) is 0 Å². The van der Waals surface area contributed by atoms with Gasteiger partial charge in [0.25, 0.3) is 0 Å². The molecule has 1 aliphatic rings. The molecule has 0 amide bonds. The number of rotatable bonds is 1. The van der Waals surface area contributed by atoms with E-state index >= 15 is 0 Å². The van der Waals surface area contributed by atoms with Gasteiger partial charge in [0, 0.05) is 6.04 Å². The summed E-state index contributed by atoms with van der Waals surface area (Å²) in [6.07, 6.45) is 8.57. The molecular formula is C10H12N4S. The quantitative estimate of drug-likeness (QED) is 0.751. The SMILES string of the molecule is S=c1nc[nH]c2ncn(C3CCCC3)c12. The fourth-order valence-corrected chi connectivity index (χ4v) is 2.61. The van der Waals surface area contributed by atoms with Crippen molar-refractivity contribution in [3.63, 3.8) is 0 Å². The summed E-state index contributed by atoms with van der Waals surface area (Å²) in [7, 11) is 0. The van der Waals surface area contributed by atoms with Gasteiger partial charge < -0.3 is 9.55 Å². The van der Waals surface area contributed by atoms with Crippen LogP contribution in [0.15, 0.2) is 12.7 Å². The molecule has 1 aliphatic carbocycles. The zero-order valence-electron chi connectivity index (χ0n) is 8.31. The van der Waals surface area contributed by atoms with Gasteiger partial charge in [0.05, 0.1) is 12.7 Å². The van der Waals surface area contributed by atoms with Crippen LogP contribution in [0, 0.1) is 4.64 Å². The second-order valence-electron chi connectivity index (χ2n) is 4.00. The van der Waals surface area contributed by atoms with Crippen LogP contribution in [0.2, 0.25) is 0 Å². The zero-order valence-corrected chi connectivity index (χ0v) is 9.13. The van der Waals surface area contributed by atoms with Gasteiger partial charge in [-0.3, -0.25) is 0 Å². The first-order valence-corrected chi connectivity index (χ1v) is 5.67. The number of nitrogens with zero attached hydrogens (tertiary/aromatic N) is 3. The zero-order chi connectivity index (χ0) is 10.3. The molecule has 0 radical (unpaired) electrons. The predicted molar refractivity (Wildman–Crippen MR) is 60.2 cm³/mol. The van der Waals surface area contributed by atoms with Crippen LogP contribution in [0.1, 0.15) is 31.7 Å². The molecule has 1 saturated carbocycles. The highest BCUT2D eigenvalue weighted by molar-refractivity contribution is 7.71. The van der Waals surface area contributed by atoms with E-state index in [9.17, 15) is 0 Å². The van der Waals surface area contributed by atoms with E-state index in [0.717, 1.165) is 11.2 Å². The number of imidazole rings is 1. The lowest BCUT2D eigenvalue weighted by Crippen LogP contribution is -2.03. The van der Waals surface area contributed by atoms with Crippen molar-refractivity contribution >= 4 is 23.4 Å². The van der Waals surface area contributed by atoms with Crippen LogP contribution in [-0.2, 0) is 0 Å². The fourth-order valence-electron chi connectivity index (χ4n) is 2.35. The van der Waals surface area contributed by atoms with Gasteiger partial charge in [-0.05, 0) is 12.8 Å². The molecule has 0 unspecified atom stereocenters. The van der Waals surface area contributed by atoms with Gasteiger partial charge in [-0.25, -0.2) is 9.97 Å². The van der Waals surface area contributed by atoms with Gasteiger partial charge in [0.1, 0.15) is 5.52 Å². The molecule has 0 aromatic carbocycles. The molecule has 78 valence electrons. The largest absolute Gasteiger partial charge is 0.329 e. The molecule has 2 aromatic rings. The summed E-state index contributed by atoms with van der Waals surface area (Å²) in [6, 6.07) is 0.564.